The second kappa shape index (κ2) is 8.02. The van der Waals surface area contributed by atoms with E-state index in [0.717, 1.165) is 12.8 Å². The van der Waals surface area contributed by atoms with Crippen LogP contribution >= 0.6 is 23.2 Å². The molecule has 1 aromatic rings. The SMILES string of the molecule is CCN(CC)C(=O)C1CCCN(C(=O)c2ccc(Cl)c(Cl)c2)C1. The van der Waals surface area contributed by atoms with Crippen molar-refractivity contribution in [3.05, 3.63) is 33.8 Å². The average Bonchev–Trinajstić information content (AvgIpc) is 2.57. The van der Waals surface area contributed by atoms with Crippen LogP contribution in [0.1, 0.15) is 37.0 Å². The number of rotatable bonds is 4. The summed E-state index contributed by atoms with van der Waals surface area (Å²) >= 11 is 11.9. The van der Waals surface area contributed by atoms with Gasteiger partial charge in [-0.2, -0.15) is 0 Å². The molecule has 2 amide bonds. The normalized spacial score (nSPS) is 17.9. The van der Waals surface area contributed by atoms with Crippen molar-refractivity contribution in [3.8, 4) is 0 Å². The molecule has 126 valence electrons. The average molecular weight is 357 g/mol. The molecule has 0 bridgehead atoms. The number of halogens is 2. The Kier molecular flexibility index (Phi) is 6.31. The molecule has 1 atom stereocenters. The van der Waals surface area contributed by atoms with Crippen molar-refractivity contribution in [2.75, 3.05) is 26.2 Å². The lowest BCUT2D eigenvalue weighted by Crippen LogP contribution is -2.46. The number of piperidine rings is 1. The standard InChI is InChI=1S/C17H22Cl2N2O2/c1-3-20(4-2)17(23)13-6-5-9-21(11-13)16(22)12-7-8-14(18)15(19)10-12/h7-8,10,13H,3-6,9,11H2,1-2H3. The number of likely N-dealkylation sites (tertiary alicyclic amines) is 1. The summed E-state index contributed by atoms with van der Waals surface area (Å²) in [5.74, 6) is -0.0716. The second-order valence-electron chi connectivity index (χ2n) is 5.73. The summed E-state index contributed by atoms with van der Waals surface area (Å²) in [6, 6.07) is 4.88. The number of carbonyl (C=O) groups is 2. The van der Waals surface area contributed by atoms with Gasteiger partial charge in [-0.3, -0.25) is 9.59 Å². The zero-order valence-electron chi connectivity index (χ0n) is 13.5. The van der Waals surface area contributed by atoms with Crippen LogP contribution in [0.2, 0.25) is 10.0 Å². The van der Waals surface area contributed by atoms with E-state index in [-0.39, 0.29) is 17.7 Å². The summed E-state index contributed by atoms with van der Waals surface area (Å²) in [6.45, 7) is 6.49. The summed E-state index contributed by atoms with van der Waals surface area (Å²) < 4.78 is 0. The highest BCUT2D eigenvalue weighted by Gasteiger charge is 2.30. The molecule has 0 saturated carbocycles. The molecule has 1 aromatic carbocycles. The van der Waals surface area contributed by atoms with E-state index >= 15 is 0 Å². The number of nitrogens with zero attached hydrogens (tertiary/aromatic N) is 2. The molecule has 0 aromatic heterocycles. The fourth-order valence-electron chi connectivity index (χ4n) is 2.97. The molecule has 1 saturated heterocycles. The van der Waals surface area contributed by atoms with Crippen molar-refractivity contribution >= 4 is 35.0 Å². The van der Waals surface area contributed by atoms with Gasteiger partial charge in [0.2, 0.25) is 5.91 Å². The number of hydrogen-bond acceptors (Lipinski definition) is 2. The Morgan fingerprint density at radius 3 is 2.52 bits per heavy atom. The van der Waals surface area contributed by atoms with Gasteiger partial charge in [0.15, 0.2) is 0 Å². The Morgan fingerprint density at radius 2 is 1.91 bits per heavy atom. The van der Waals surface area contributed by atoms with Gasteiger partial charge in [0.1, 0.15) is 0 Å². The molecule has 0 radical (unpaired) electrons. The van der Waals surface area contributed by atoms with Crippen LogP contribution in [0, 0.1) is 5.92 Å². The summed E-state index contributed by atoms with van der Waals surface area (Å²) in [4.78, 5) is 28.7. The summed E-state index contributed by atoms with van der Waals surface area (Å²) in [7, 11) is 0. The van der Waals surface area contributed by atoms with Crippen LogP contribution in [0.25, 0.3) is 0 Å². The minimum atomic E-state index is -0.115. The highest BCUT2D eigenvalue weighted by molar-refractivity contribution is 6.42. The van der Waals surface area contributed by atoms with Crippen molar-refractivity contribution in [2.45, 2.75) is 26.7 Å². The molecule has 23 heavy (non-hydrogen) atoms. The van der Waals surface area contributed by atoms with Crippen molar-refractivity contribution in [3.63, 3.8) is 0 Å². The summed E-state index contributed by atoms with van der Waals surface area (Å²) in [5, 5.41) is 0.793. The van der Waals surface area contributed by atoms with Crippen molar-refractivity contribution in [2.24, 2.45) is 5.92 Å². The molecule has 0 N–H and O–H groups in total. The molecular weight excluding hydrogens is 335 g/mol. The highest BCUT2D eigenvalue weighted by atomic mass is 35.5. The van der Waals surface area contributed by atoms with Gasteiger partial charge in [-0.05, 0) is 44.9 Å². The van der Waals surface area contributed by atoms with E-state index in [1.807, 2.05) is 18.7 Å². The lowest BCUT2D eigenvalue weighted by molar-refractivity contribution is -0.136. The minimum absolute atomic E-state index is 0.0967. The van der Waals surface area contributed by atoms with E-state index in [0.29, 0.717) is 41.8 Å². The van der Waals surface area contributed by atoms with Gasteiger partial charge < -0.3 is 9.80 Å². The molecule has 0 spiro atoms. The Labute approximate surface area is 147 Å². The summed E-state index contributed by atoms with van der Waals surface area (Å²) in [5.41, 5.74) is 0.510. The van der Waals surface area contributed by atoms with E-state index in [1.54, 1.807) is 23.1 Å². The van der Waals surface area contributed by atoms with E-state index in [2.05, 4.69) is 0 Å². The monoisotopic (exact) mass is 356 g/mol. The molecule has 1 heterocycles. The molecule has 6 heteroatoms. The quantitative estimate of drug-likeness (QED) is 0.824. The third-order valence-electron chi connectivity index (χ3n) is 4.30. The Morgan fingerprint density at radius 1 is 1.22 bits per heavy atom. The molecule has 1 aliphatic rings. The van der Waals surface area contributed by atoms with Gasteiger partial charge in [0, 0.05) is 31.7 Å². The first-order chi connectivity index (χ1) is 11.0. The zero-order chi connectivity index (χ0) is 17.0. The van der Waals surface area contributed by atoms with Crippen LogP contribution in [-0.2, 0) is 4.79 Å². The molecule has 0 aliphatic carbocycles. The number of amides is 2. The first-order valence-corrected chi connectivity index (χ1v) is 8.76. The minimum Gasteiger partial charge on any atom is -0.343 e. The van der Waals surface area contributed by atoms with Crippen LogP contribution in [0.4, 0.5) is 0 Å². The molecule has 1 aliphatic heterocycles. The Bertz CT molecular complexity index is 588. The Hall–Kier alpha value is -1.26. The fourth-order valence-corrected chi connectivity index (χ4v) is 3.27. The largest absolute Gasteiger partial charge is 0.343 e. The third kappa shape index (κ3) is 4.18. The van der Waals surface area contributed by atoms with E-state index in [9.17, 15) is 9.59 Å². The van der Waals surface area contributed by atoms with Gasteiger partial charge in [0.25, 0.3) is 5.91 Å². The third-order valence-corrected chi connectivity index (χ3v) is 5.04. The van der Waals surface area contributed by atoms with Gasteiger partial charge in [-0.25, -0.2) is 0 Å². The van der Waals surface area contributed by atoms with Crippen LogP contribution in [-0.4, -0.2) is 47.8 Å². The molecular formula is C17H22Cl2N2O2. The first-order valence-electron chi connectivity index (χ1n) is 8.01. The maximum Gasteiger partial charge on any atom is 0.253 e. The van der Waals surface area contributed by atoms with Crippen LogP contribution in [0.3, 0.4) is 0 Å². The fraction of sp³-hybridized carbons (Fsp3) is 0.529. The predicted octanol–water partition coefficient (Wildman–Crippen LogP) is 3.71. The molecule has 4 nitrogen and oxygen atoms in total. The van der Waals surface area contributed by atoms with Crippen molar-refractivity contribution < 1.29 is 9.59 Å². The van der Waals surface area contributed by atoms with E-state index in [1.165, 1.54) is 0 Å². The maximum atomic E-state index is 12.6. The van der Waals surface area contributed by atoms with Crippen LogP contribution in [0.15, 0.2) is 18.2 Å². The van der Waals surface area contributed by atoms with E-state index in [4.69, 9.17) is 23.2 Å². The van der Waals surface area contributed by atoms with Gasteiger partial charge in [0.05, 0.1) is 16.0 Å². The van der Waals surface area contributed by atoms with E-state index < -0.39 is 0 Å². The lowest BCUT2D eigenvalue weighted by atomic mass is 9.95. The summed E-state index contributed by atoms with van der Waals surface area (Å²) in [6.07, 6.45) is 1.67. The smallest absolute Gasteiger partial charge is 0.253 e. The van der Waals surface area contributed by atoms with Crippen LogP contribution < -0.4 is 0 Å². The second-order valence-corrected chi connectivity index (χ2v) is 6.54. The predicted molar refractivity (Wildman–Crippen MR) is 93.0 cm³/mol. The number of hydrogen-bond donors (Lipinski definition) is 0. The highest BCUT2D eigenvalue weighted by Crippen LogP contribution is 2.25. The van der Waals surface area contributed by atoms with Gasteiger partial charge in [-0.15, -0.1) is 0 Å². The molecule has 1 fully saturated rings. The van der Waals surface area contributed by atoms with Gasteiger partial charge >= 0.3 is 0 Å². The number of benzene rings is 1. The van der Waals surface area contributed by atoms with Crippen molar-refractivity contribution in [1.82, 2.24) is 9.80 Å². The van der Waals surface area contributed by atoms with Crippen LogP contribution in [0.5, 0.6) is 0 Å². The molecule has 1 unspecified atom stereocenters. The maximum absolute atomic E-state index is 12.6. The first kappa shape index (κ1) is 18.1. The Balaban J connectivity index is 2.09. The molecule has 2 rings (SSSR count). The zero-order valence-corrected chi connectivity index (χ0v) is 15.0. The number of carbonyl (C=O) groups excluding carboxylic acids is 2. The van der Waals surface area contributed by atoms with Gasteiger partial charge in [-0.1, -0.05) is 23.2 Å². The topological polar surface area (TPSA) is 40.6 Å². The lowest BCUT2D eigenvalue weighted by Gasteiger charge is -2.34. The van der Waals surface area contributed by atoms with Crippen molar-refractivity contribution in [1.29, 1.82) is 0 Å².